The highest BCUT2D eigenvalue weighted by atomic mass is 16.4. The molecule has 2 aliphatic rings. The molecule has 1 fully saturated rings. The second-order valence-corrected chi connectivity index (χ2v) is 5.47. The first-order valence-corrected chi connectivity index (χ1v) is 6.23. The fourth-order valence-corrected chi connectivity index (χ4v) is 3.32. The van der Waals surface area contributed by atoms with Gasteiger partial charge >= 0.3 is 0 Å². The first-order valence-electron chi connectivity index (χ1n) is 6.23. The largest absolute Gasteiger partial charge is 0.548 e. The summed E-state index contributed by atoms with van der Waals surface area (Å²) in [5.41, 5.74) is -0.891. The van der Waals surface area contributed by atoms with Gasteiger partial charge in [0.2, 0.25) is 0 Å². The van der Waals surface area contributed by atoms with E-state index in [0.29, 0.717) is 22.6 Å². The van der Waals surface area contributed by atoms with Gasteiger partial charge in [-0.25, -0.2) is 4.99 Å². The Morgan fingerprint density at radius 2 is 2.15 bits per heavy atom. The number of hydrogen-bond donors (Lipinski definition) is 0. The summed E-state index contributed by atoms with van der Waals surface area (Å²) in [7, 11) is 0. The highest BCUT2D eigenvalue weighted by Gasteiger charge is 2.74. The lowest BCUT2D eigenvalue weighted by molar-refractivity contribution is -0.313. The molecule has 2 heterocycles. The van der Waals surface area contributed by atoms with Crippen LogP contribution in [0.25, 0.3) is 0 Å². The molecule has 1 aromatic heterocycles. The summed E-state index contributed by atoms with van der Waals surface area (Å²) in [4.78, 5) is 27.8. The Morgan fingerprint density at radius 3 is 2.65 bits per heavy atom. The first-order chi connectivity index (χ1) is 9.33. The summed E-state index contributed by atoms with van der Waals surface area (Å²) in [6.45, 7) is 4.84. The maximum atomic E-state index is 11.9. The lowest BCUT2D eigenvalue weighted by Crippen LogP contribution is -2.47. The standard InChI is InChI=1S/C14H13N3O3/c1-7-8(2)17-11(10(7)4-15)16-6-13(9(3)18)5-14(13,17)12(19)20/h6H,5H2,1-3H3,(H,19,20)/p-1. The Hall–Kier alpha value is -2.42. The van der Waals surface area contributed by atoms with Crippen molar-refractivity contribution in [3.8, 4) is 6.07 Å². The normalized spacial score (nSPS) is 29.3. The molecule has 0 aromatic carbocycles. The average molecular weight is 270 g/mol. The number of carbonyl (C=O) groups is 2. The molecule has 1 aliphatic heterocycles. The number of aliphatic carboxylic acids is 1. The Kier molecular flexibility index (Phi) is 2.12. The number of aromatic nitrogens is 1. The van der Waals surface area contributed by atoms with Gasteiger partial charge in [-0.1, -0.05) is 0 Å². The molecule has 0 bridgehead atoms. The van der Waals surface area contributed by atoms with Crippen molar-refractivity contribution in [3.05, 3.63) is 16.8 Å². The van der Waals surface area contributed by atoms with Crippen LogP contribution in [-0.2, 0) is 15.1 Å². The van der Waals surface area contributed by atoms with Crippen molar-refractivity contribution in [2.75, 3.05) is 0 Å². The maximum Gasteiger partial charge on any atom is 0.151 e. The summed E-state index contributed by atoms with van der Waals surface area (Å²) in [5.74, 6) is -1.25. The molecular formula is C14H12N3O3-. The number of aliphatic imine (C=N–C) groups is 1. The van der Waals surface area contributed by atoms with E-state index in [1.165, 1.54) is 17.7 Å². The fourth-order valence-electron chi connectivity index (χ4n) is 3.32. The number of carbonyl (C=O) groups excluding carboxylic acids is 2. The van der Waals surface area contributed by atoms with E-state index >= 15 is 0 Å². The van der Waals surface area contributed by atoms with Gasteiger partial charge in [0.05, 0.1) is 16.9 Å². The molecule has 1 aromatic rings. The third-order valence-electron chi connectivity index (χ3n) is 4.70. The van der Waals surface area contributed by atoms with E-state index in [1.54, 1.807) is 13.8 Å². The maximum absolute atomic E-state index is 11.9. The molecule has 1 saturated carbocycles. The number of fused-ring (bicyclic) bond motifs is 3. The van der Waals surface area contributed by atoms with Gasteiger partial charge in [-0.15, -0.1) is 0 Å². The summed E-state index contributed by atoms with van der Waals surface area (Å²) < 4.78 is 1.50. The summed E-state index contributed by atoms with van der Waals surface area (Å²) in [6, 6.07) is 2.05. The van der Waals surface area contributed by atoms with Crippen LogP contribution in [0.4, 0.5) is 5.82 Å². The van der Waals surface area contributed by atoms with Crippen molar-refractivity contribution in [1.82, 2.24) is 4.57 Å². The number of hydrogen-bond acceptors (Lipinski definition) is 5. The molecule has 20 heavy (non-hydrogen) atoms. The van der Waals surface area contributed by atoms with E-state index in [2.05, 4.69) is 4.99 Å². The number of carboxylic acid groups (broad SMARTS) is 1. The molecule has 0 N–H and O–H groups in total. The van der Waals surface area contributed by atoms with Crippen LogP contribution in [-0.4, -0.2) is 22.5 Å². The van der Waals surface area contributed by atoms with Gasteiger partial charge in [0.1, 0.15) is 17.4 Å². The molecule has 102 valence electrons. The van der Waals surface area contributed by atoms with Crippen LogP contribution in [0.1, 0.15) is 30.2 Å². The topological polar surface area (TPSA) is 98.3 Å². The molecule has 0 spiro atoms. The van der Waals surface area contributed by atoms with Crippen molar-refractivity contribution < 1.29 is 14.7 Å². The van der Waals surface area contributed by atoms with E-state index in [9.17, 15) is 20.0 Å². The predicted octanol–water partition coefficient (Wildman–Crippen LogP) is 0.117. The number of rotatable bonds is 2. The van der Waals surface area contributed by atoms with Crippen LogP contribution >= 0.6 is 0 Å². The number of Topliss-reactive ketones (excluding diaryl/α,β-unsaturated/α-hetero) is 1. The second kappa shape index (κ2) is 3.37. The van der Waals surface area contributed by atoms with Gasteiger partial charge in [-0.2, -0.15) is 5.26 Å². The SMILES string of the molecule is CC(=O)C12C=Nc3c(C#N)c(C)c(C)n3C1(C(=O)[O-])C2. The highest BCUT2D eigenvalue weighted by molar-refractivity contribution is 6.12. The van der Waals surface area contributed by atoms with Crippen LogP contribution in [0.2, 0.25) is 0 Å². The minimum Gasteiger partial charge on any atom is -0.548 e. The Morgan fingerprint density at radius 1 is 1.50 bits per heavy atom. The molecule has 1 aliphatic carbocycles. The van der Waals surface area contributed by atoms with Gasteiger partial charge in [-0.05, 0) is 32.8 Å². The summed E-state index contributed by atoms with van der Waals surface area (Å²) >= 11 is 0. The molecule has 0 saturated heterocycles. The third kappa shape index (κ3) is 1.03. The Bertz CT molecular complexity index is 753. The van der Waals surface area contributed by atoms with Crippen molar-refractivity contribution in [3.63, 3.8) is 0 Å². The van der Waals surface area contributed by atoms with Crippen LogP contribution in [0.5, 0.6) is 0 Å². The molecule has 0 amide bonds. The molecule has 6 nitrogen and oxygen atoms in total. The number of ketones is 1. The Balaban J connectivity index is 2.39. The minimum absolute atomic E-state index is 0.133. The van der Waals surface area contributed by atoms with Gasteiger partial charge in [-0.3, -0.25) is 4.79 Å². The van der Waals surface area contributed by atoms with Crippen LogP contribution < -0.4 is 5.11 Å². The molecule has 0 radical (unpaired) electrons. The molecular weight excluding hydrogens is 258 g/mol. The first kappa shape index (κ1) is 12.6. The van der Waals surface area contributed by atoms with E-state index in [0.717, 1.165) is 0 Å². The van der Waals surface area contributed by atoms with E-state index in [-0.39, 0.29) is 12.2 Å². The Labute approximate surface area is 115 Å². The predicted molar refractivity (Wildman–Crippen MR) is 67.5 cm³/mol. The van der Waals surface area contributed by atoms with Crippen molar-refractivity contribution in [2.45, 2.75) is 32.7 Å². The van der Waals surface area contributed by atoms with Gasteiger partial charge in [0.25, 0.3) is 0 Å². The highest BCUT2D eigenvalue weighted by Crippen LogP contribution is 2.65. The van der Waals surface area contributed by atoms with Crippen molar-refractivity contribution >= 4 is 23.8 Å². The summed E-state index contributed by atoms with van der Waals surface area (Å²) in [5, 5.41) is 20.9. The van der Waals surface area contributed by atoms with Crippen molar-refractivity contribution in [1.29, 1.82) is 5.26 Å². The second-order valence-electron chi connectivity index (χ2n) is 5.47. The number of nitrogens with zero attached hydrogens (tertiary/aromatic N) is 3. The van der Waals surface area contributed by atoms with Gasteiger partial charge < -0.3 is 14.5 Å². The van der Waals surface area contributed by atoms with Gasteiger partial charge in [0.15, 0.2) is 5.82 Å². The summed E-state index contributed by atoms with van der Waals surface area (Å²) in [6.07, 6.45) is 1.51. The quantitative estimate of drug-likeness (QED) is 0.761. The zero-order valence-electron chi connectivity index (χ0n) is 11.4. The van der Waals surface area contributed by atoms with E-state index in [1.807, 2.05) is 6.07 Å². The molecule has 6 heteroatoms. The molecule has 2 atom stereocenters. The lowest BCUT2D eigenvalue weighted by atomic mass is 9.94. The van der Waals surface area contributed by atoms with Gasteiger partial charge in [0, 0.05) is 11.9 Å². The van der Waals surface area contributed by atoms with Crippen LogP contribution in [0.3, 0.4) is 0 Å². The number of nitriles is 1. The smallest absolute Gasteiger partial charge is 0.151 e. The lowest BCUT2D eigenvalue weighted by Gasteiger charge is -2.30. The zero-order chi connectivity index (χ0) is 14.9. The van der Waals surface area contributed by atoms with E-state index < -0.39 is 16.9 Å². The number of carboxylic acids is 1. The zero-order valence-corrected chi connectivity index (χ0v) is 11.4. The monoisotopic (exact) mass is 270 g/mol. The van der Waals surface area contributed by atoms with Crippen LogP contribution in [0.15, 0.2) is 4.99 Å². The van der Waals surface area contributed by atoms with Crippen LogP contribution in [0, 0.1) is 30.6 Å². The molecule has 2 unspecified atom stereocenters. The average Bonchev–Trinajstić information content (AvgIpc) is 3.04. The molecule has 3 rings (SSSR count). The minimum atomic E-state index is -1.43. The fraction of sp³-hybridized carbons (Fsp3) is 0.429. The third-order valence-corrected chi connectivity index (χ3v) is 4.70. The van der Waals surface area contributed by atoms with E-state index in [4.69, 9.17) is 0 Å². The van der Waals surface area contributed by atoms with Crippen molar-refractivity contribution in [2.24, 2.45) is 10.4 Å².